The van der Waals surface area contributed by atoms with Gasteiger partial charge in [0.25, 0.3) is 0 Å². The number of fused-ring (bicyclic) bond motifs is 1. The van der Waals surface area contributed by atoms with Gasteiger partial charge in [0.2, 0.25) is 0 Å². The Hall–Kier alpha value is -2.35. The maximum atomic E-state index is 11.9. The topological polar surface area (TPSA) is 215 Å². The van der Waals surface area contributed by atoms with Gasteiger partial charge >= 0.3 is 13.7 Å². The van der Waals surface area contributed by atoms with E-state index in [0.29, 0.717) is 6.42 Å². The summed E-state index contributed by atoms with van der Waals surface area (Å²) in [4.78, 5) is 42.9. The van der Waals surface area contributed by atoms with Crippen molar-refractivity contribution in [2.24, 2.45) is 0 Å². The number of aliphatic hydroxyl groups excluding tert-OH is 2. The number of nitrogen functional groups attached to an aromatic ring is 1. The van der Waals surface area contributed by atoms with Gasteiger partial charge in [0, 0.05) is 6.54 Å². The summed E-state index contributed by atoms with van der Waals surface area (Å²) in [6.07, 6.45) is -3.19. The Bertz CT molecular complexity index is 967. The number of imidazole rings is 1. The number of nitrogens with one attached hydrogen (secondary N) is 1. The van der Waals surface area contributed by atoms with Crippen molar-refractivity contribution in [2.75, 3.05) is 18.9 Å². The normalized spacial score (nSPS) is 24.9. The number of anilines is 1. The molecule has 31 heavy (non-hydrogen) atoms. The van der Waals surface area contributed by atoms with E-state index in [1.165, 1.54) is 17.2 Å². The molecule has 0 aromatic carbocycles. The molecular weight excluding hydrogens is 435 g/mol. The van der Waals surface area contributed by atoms with Gasteiger partial charge in [-0.25, -0.2) is 19.7 Å². The van der Waals surface area contributed by atoms with Gasteiger partial charge in [-0.05, 0) is 12.8 Å². The van der Waals surface area contributed by atoms with E-state index in [4.69, 9.17) is 15.2 Å². The molecule has 7 N–H and O–H groups in total. The lowest BCUT2D eigenvalue weighted by molar-refractivity contribution is -0.0374. The van der Waals surface area contributed by atoms with Crippen LogP contribution in [0.3, 0.4) is 0 Å². The zero-order chi connectivity index (χ0) is 22.8. The minimum atomic E-state index is -4.68. The second-order valence-electron chi connectivity index (χ2n) is 7.12. The summed E-state index contributed by atoms with van der Waals surface area (Å²) in [5.74, 6) is 0.121. The third kappa shape index (κ3) is 5.11. The Balaban J connectivity index is 1.73. The van der Waals surface area contributed by atoms with Gasteiger partial charge in [0.15, 0.2) is 17.7 Å². The van der Waals surface area contributed by atoms with Crippen molar-refractivity contribution in [2.45, 2.75) is 50.0 Å². The molecule has 3 heterocycles. The summed E-state index contributed by atoms with van der Waals surface area (Å²) >= 11 is 0. The minimum Gasteiger partial charge on any atom is -0.450 e. The van der Waals surface area contributed by atoms with E-state index < -0.39 is 50.4 Å². The average Bonchev–Trinajstić information content (AvgIpc) is 3.25. The number of ether oxygens (including phenoxy) is 2. The maximum absolute atomic E-state index is 11.9. The molecule has 0 saturated carbocycles. The predicted molar refractivity (Wildman–Crippen MR) is 106 cm³/mol. The zero-order valence-corrected chi connectivity index (χ0v) is 17.5. The first-order valence-corrected chi connectivity index (χ1v) is 11.2. The molecule has 2 aromatic heterocycles. The third-order valence-electron chi connectivity index (χ3n) is 4.90. The molecule has 2 aromatic rings. The molecule has 1 unspecified atom stereocenters. The van der Waals surface area contributed by atoms with Crippen molar-refractivity contribution in [3.8, 4) is 0 Å². The maximum Gasteiger partial charge on any atom is 0.407 e. The fraction of sp³-hybridized carbons (Fsp3) is 0.625. The van der Waals surface area contributed by atoms with Crippen LogP contribution in [0.4, 0.5) is 10.6 Å². The highest BCUT2D eigenvalue weighted by molar-refractivity contribution is 7.52. The Morgan fingerprint density at radius 1 is 1.35 bits per heavy atom. The summed E-state index contributed by atoms with van der Waals surface area (Å²) in [6.45, 7) is 1.56. The van der Waals surface area contributed by atoms with E-state index in [1.807, 2.05) is 0 Å². The lowest BCUT2D eigenvalue weighted by atomic mass is 10.1. The summed E-state index contributed by atoms with van der Waals surface area (Å²) in [5.41, 5.74) is 4.92. The highest BCUT2D eigenvalue weighted by Gasteiger charge is 2.47. The summed E-state index contributed by atoms with van der Waals surface area (Å²) in [5, 5.41) is 23.2. The Morgan fingerprint density at radius 2 is 2.10 bits per heavy atom. The van der Waals surface area contributed by atoms with Gasteiger partial charge in [-0.3, -0.25) is 9.13 Å². The van der Waals surface area contributed by atoms with Crippen LogP contribution in [0.15, 0.2) is 12.7 Å². The molecule has 172 valence electrons. The van der Waals surface area contributed by atoms with Crippen molar-refractivity contribution >= 4 is 30.7 Å². The highest BCUT2D eigenvalue weighted by Crippen LogP contribution is 2.45. The molecule has 0 bridgehead atoms. The van der Waals surface area contributed by atoms with Gasteiger partial charge in [-0.1, -0.05) is 6.92 Å². The van der Waals surface area contributed by atoms with Crippen LogP contribution < -0.4 is 11.1 Å². The number of hydrogen-bond donors (Lipinski definition) is 6. The largest absolute Gasteiger partial charge is 0.450 e. The third-order valence-corrected chi connectivity index (χ3v) is 6.24. The molecule has 3 rings (SSSR count). The quantitative estimate of drug-likeness (QED) is 0.264. The van der Waals surface area contributed by atoms with Crippen LogP contribution in [0.2, 0.25) is 0 Å². The van der Waals surface area contributed by atoms with E-state index in [0.717, 1.165) is 0 Å². The van der Waals surface area contributed by atoms with Crippen LogP contribution >= 0.6 is 7.60 Å². The van der Waals surface area contributed by atoms with Gasteiger partial charge < -0.3 is 40.5 Å². The number of alkyl carbamates (subject to hydrolysis) is 1. The van der Waals surface area contributed by atoms with Crippen LogP contribution in [0.1, 0.15) is 26.0 Å². The van der Waals surface area contributed by atoms with E-state index in [2.05, 4.69) is 20.3 Å². The highest BCUT2D eigenvalue weighted by atomic mass is 31.2. The number of carbonyl (C=O) groups excluding carboxylic acids is 1. The van der Waals surface area contributed by atoms with Gasteiger partial charge in [0.1, 0.15) is 24.1 Å². The number of hydrogen-bond acceptors (Lipinski definition) is 10. The molecule has 14 nitrogen and oxygen atoms in total. The molecule has 0 aliphatic carbocycles. The van der Waals surface area contributed by atoms with Crippen LogP contribution in [-0.2, 0) is 14.0 Å². The number of amides is 1. The average molecular weight is 460 g/mol. The Morgan fingerprint density at radius 3 is 2.77 bits per heavy atom. The first-order valence-electron chi connectivity index (χ1n) is 9.54. The predicted octanol–water partition coefficient (Wildman–Crippen LogP) is -0.900. The summed E-state index contributed by atoms with van der Waals surface area (Å²) < 4.78 is 23.8. The number of aromatic nitrogens is 4. The van der Waals surface area contributed by atoms with Crippen LogP contribution in [0.5, 0.6) is 0 Å². The first kappa shape index (κ1) is 23.3. The fourth-order valence-electron chi connectivity index (χ4n) is 3.26. The lowest BCUT2D eigenvalue weighted by Gasteiger charge is -2.23. The second kappa shape index (κ2) is 9.42. The van der Waals surface area contributed by atoms with Crippen molar-refractivity contribution in [3.05, 3.63) is 12.7 Å². The zero-order valence-electron chi connectivity index (χ0n) is 16.6. The van der Waals surface area contributed by atoms with Crippen molar-refractivity contribution in [1.29, 1.82) is 0 Å². The Kier molecular flexibility index (Phi) is 7.09. The molecule has 5 atom stereocenters. The molecule has 1 aliphatic rings. The first-order chi connectivity index (χ1) is 14.6. The van der Waals surface area contributed by atoms with Crippen LogP contribution in [0.25, 0.3) is 11.2 Å². The van der Waals surface area contributed by atoms with E-state index in [1.54, 1.807) is 6.92 Å². The lowest BCUT2D eigenvalue weighted by Crippen LogP contribution is -2.38. The molecule has 1 amide bonds. The Labute approximate surface area is 176 Å². The molecule has 1 saturated heterocycles. The molecule has 15 heteroatoms. The standard InChI is InChI=1S/C16H25N6O8P/c1-2-3-29-16(25)18-5-8(31(26,27)28)4-9-11(23)12(24)15(30-9)22-7-21-10-13(17)19-6-20-14(10)22/h6-9,11-12,15,23-24H,2-5H2,1H3,(H,18,25)(H2,17,19,20)(H2,26,27,28)/t8?,9-,11-,12-,15-/m1/s1. The number of carbonyl (C=O) groups is 1. The molecule has 0 radical (unpaired) electrons. The smallest absolute Gasteiger partial charge is 0.407 e. The fourth-order valence-corrected chi connectivity index (χ4v) is 4.08. The number of nitrogens with two attached hydrogens (primary N) is 1. The summed E-state index contributed by atoms with van der Waals surface area (Å²) in [7, 11) is -4.68. The van der Waals surface area contributed by atoms with Crippen LogP contribution in [-0.4, -0.2) is 82.7 Å². The SMILES string of the molecule is CCCOC(=O)NCC(C[C@H]1O[C@@H](n2cnc3c(N)ncnc32)[C@H](O)[C@@H]1O)P(=O)(O)O. The van der Waals surface area contributed by atoms with Crippen molar-refractivity contribution < 1.29 is 38.8 Å². The minimum absolute atomic E-state index is 0.121. The van der Waals surface area contributed by atoms with Gasteiger partial charge in [-0.2, -0.15) is 0 Å². The van der Waals surface area contributed by atoms with Crippen LogP contribution in [0, 0.1) is 0 Å². The van der Waals surface area contributed by atoms with Gasteiger partial charge in [-0.15, -0.1) is 0 Å². The number of nitrogens with zero attached hydrogens (tertiary/aromatic N) is 4. The van der Waals surface area contributed by atoms with E-state index in [-0.39, 0.29) is 30.0 Å². The van der Waals surface area contributed by atoms with E-state index >= 15 is 0 Å². The van der Waals surface area contributed by atoms with Gasteiger partial charge in [0.05, 0.1) is 24.7 Å². The molecule has 1 aliphatic heterocycles. The monoisotopic (exact) mass is 460 g/mol. The molecular formula is C16H25N6O8P. The van der Waals surface area contributed by atoms with Crippen molar-refractivity contribution in [1.82, 2.24) is 24.8 Å². The second-order valence-corrected chi connectivity index (χ2v) is 9.03. The van der Waals surface area contributed by atoms with E-state index in [9.17, 15) is 29.4 Å². The molecule has 0 spiro atoms. The molecule has 1 fully saturated rings. The van der Waals surface area contributed by atoms with Crippen molar-refractivity contribution in [3.63, 3.8) is 0 Å². The number of aliphatic hydroxyl groups is 2. The summed E-state index contributed by atoms with van der Waals surface area (Å²) in [6, 6.07) is 0. The number of rotatable bonds is 8.